The number of rotatable bonds is 3. The summed E-state index contributed by atoms with van der Waals surface area (Å²) in [4.78, 5) is 3.96. The Bertz CT molecular complexity index is 513. The maximum Gasteiger partial charge on any atom is 0.129 e. The maximum absolute atomic E-state index is 12.9. The number of ether oxygens (including phenoxy) is 1. The Hall–Kier alpha value is -1.49. The van der Waals surface area contributed by atoms with Crippen LogP contribution in [0.5, 0.6) is 5.75 Å². The highest BCUT2D eigenvalue weighted by Crippen LogP contribution is 2.17. The van der Waals surface area contributed by atoms with E-state index in [4.69, 9.17) is 4.74 Å². The molecule has 1 heterocycles. The van der Waals surface area contributed by atoms with Crippen molar-refractivity contribution in [1.29, 1.82) is 0 Å². The van der Waals surface area contributed by atoms with Crippen molar-refractivity contribution in [1.82, 2.24) is 4.98 Å². The van der Waals surface area contributed by atoms with E-state index in [0.29, 0.717) is 0 Å². The number of nitrogens with zero attached hydrogens (tertiary/aromatic N) is 1. The van der Waals surface area contributed by atoms with Gasteiger partial charge in [0.2, 0.25) is 0 Å². The van der Waals surface area contributed by atoms with Gasteiger partial charge in [0, 0.05) is 40.6 Å². The van der Waals surface area contributed by atoms with Crippen LogP contribution in [0.15, 0.2) is 41.1 Å². The second-order valence-corrected chi connectivity index (χ2v) is 4.32. The van der Waals surface area contributed by atoms with Crippen molar-refractivity contribution in [2.75, 3.05) is 0 Å². The molecular formula is C12H8BrF2NO. The first-order chi connectivity index (χ1) is 8.13. The predicted octanol–water partition coefficient (Wildman–Crippen LogP) is 3.70. The van der Waals surface area contributed by atoms with Gasteiger partial charge in [-0.3, -0.25) is 4.98 Å². The predicted molar refractivity (Wildman–Crippen MR) is 62.6 cm³/mol. The van der Waals surface area contributed by atoms with Crippen LogP contribution >= 0.6 is 15.9 Å². The summed E-state index contributed by atoms with van der Waals surface area (Å²) in [5, 5.41) is 0. The summed E-state index contributed by atoms with van der Waals surface area (Å²) in [6, 6.07) is 4.89. The van der Waals surface area contributed by atoms with Crippen molar-refractivity contribution < 1.29 is 13.5 Å². The number of benzene rings is 1. The van der Waals surface area contributed by atoms with E-state index in [1.54, 1.807) is 12.4 Å². The van der Waals surface area contributed by atoms with Gasteiger partial charge in [-0.25, -0.2) is 8.78 Å². The Morgan fingerprint density at radius 1 is 1.06 bits per heavy atom. The summed E-state index contributed by atoms with van der Waals surface area (Å²) in [7, 11) is 0. The Kier molecular flexibility index (Phi) is 3.68. The van der Waals surface area contributed by atoms with E-state index in [2.05, 4.69) is 20.9 Å². The van der Waals surface area contributed by atoms with Gasteiger partial charge in [-0.05, 0) is 22.0 Å². The zero-order valence-electron chi connectivity index (χ0n) is 8.66. The number of hydrogen-bond acceptors (Lipinski definition) is 2. The largest absolute Gasteiger partial charge is 0.489 e. The summed E-state index contributed by atoms with van der Waals surface area (Å²) in [6.07, 6.45) is 3.27. The van der Waals surface area contributed by atoms with Gasteiger partial charge < -0.3 is 4.74 Å². The second-order valence-electron chi connectivity index (χ2n) is 3.41. The fourth-order valence-electron chi connectivity index (χ4n) is 1.31. The molecule has 2 rings (SSSR count). The molecule has 2 aromatic rings. The summed E-state index contributed by atoms with van der Waals surface area (Å²) in [5.74, 6) is -1.16. The number of aromatic nitrogens is 1. The highest BCUT2D eigenvalue weighted by molar-refractivity contribution is 9.10. The lowest BCUT2D eigenvalue weighted by Gasteiger charge is -2.06. The van der Waals surface area contributed by atoms with Gasteiger partial charge in [0.1, 0.15) is 24.0 Å². The molecular weight excluding hydrogens is 292 g/mol. The molecule has 1 aromatic carbocycles. The van der Waals surface area contributed by atoms with E-state index in [1.807, 2.05) is 6.07 Å². The average molecular weight is 300 g/mol. The Morgan fingerprint density at radius 2 is 1.76 bits per heavy atom. The standard InChI is InChI=1S/C12H8BrF2NO/c13-9-1-8(5-16-6-9)7-17-12-3-10(14)2-11(15)4-12/h1-6H,7H2. The third kappa shape index (κ3) is 3.49. The molecule has 0 spiro atoms. The molecule has 2 nitrogen and oxygen atoms in total. The average Bonchev–Trinajstić information content (AvgIpc) is 2.25. The molecule has 0 atom stereocenters. The van der Waals surface area contributed by atoms with Crippen molar-refractivity contribution >= 4 is 15.9 Å². The van der Waals surface area contributed by atoms with Gasteiger partial charge in [0.15, 0.2) is 0 Å². The molecule has 0 radical (unpaired) electrons. The fraction of sp³-hybridized carbons (Fsp3) is 0.0833. The minimum absolute atomic E-state index is 0.155. The third-order valence-electron chi connectivity index (χ3n) is 2.00. The van der Waals surface area contributed by atoms with Crippen molar-refractivity contribution in [3.63, 3.8) is 0 Å². The first-order valence-corrected chi connectivity index (χ1v) is 5.61. The van der Waals surface area contributed by atoms with Crippen LogP contribution in [0.4, 0.5) is 8.78 Å². The first-order valence-electron chi connectivity index (χ1n) is 4.82. The van der Waals surface area contributed by atoms with E-state index in [-0.39, 0.29) is 12.4 Å². The van der Waals surface area contributed by atoms with Crippen LogP contribution in [0.2, 0.25) is 0 Å². The van der Waals surface area contributed by atoms with Gasteiger partial charge >= 0.3 is 0 Å². The molecule has 0 N–H and O–H groups in total. The molecule has 0 unspecified atom stereocenters. The van der Waals surface area contributed by atoms with Crippen LogP contribution in [0, 0.1) is 11.6 Å². The van der Waals surface area contributed by atoms with Crippen LogP contribution in [-0.4, -0.2) is 4.98 Å². The molecule has 0 saturated carbocycles. The zero-order chi connectivity index (χ0) is 12.3. The summed E-state index contributed by atoms with van der Waals surface area (Å²) < 4.78 is 31.8. The van der Waals surface area contributed by atoms with E-state index in [1.165, 1.54) is 0 Å². The number of halogens is 3. The molecule has 0 saturated heterocycles. The van der Waals surface area contributed by atoms with Crippen LogP contribution in [0.25, 0.3) is 0 Å². The fourth-order valence-corrected chi connectivity index (χ4v) is 1.73. The van der Waals surface area contributed by atoms with Crippen molar-refractivity contribution in [3.05, 3.63) is 58.3 Å². The summed E-state index contributed by atoms with van der Waals surface area (Å²) in [5.41, 5.74) is 0.809. The Labute approximate surface area is 105 Å². The molecule has 0 fully saturated rings. The van der Waals surface area contributed by atoms with Crippen molar-refractivity contribution in [3.8, 4) is 5.75 Å². The van der Waals surface area contributed by atoms with E-state index < -0.39 is 11.6 Å². The highest BCUT2D eigenvalue weighted by atomic mass is 79.9. The number of hydrogen-bond donors (Lipinski definition) is 0. The van der Waals surface area contributed by atoms with E-state index in [9.17, 15) is 8.78 Å². The lowest BCUT2D eigenvalue weighted by Crippen LogP contribution is -1.97. The molecule has 5 heteroatoms. The highest BCUT2D eigenvalue weighted by Gasteiger charge is 2.02. The lowest BCUT2D eigenvalue weighted by atomic mass is 10.3. The van der Waals surface area contributed by atoms with E-state index in [0.717, 1.165) is 28.2 Å². The SMILES string of the molecule is Fc1cc(F)cc(OCc2cncc(Br)c2)c1. The van der Waals surface area contributed by atoms with Gasteiger partial charge in [0.05, 0.1) is 0 Å². The number of pyridine rings is 1. The topological polar surface area (TPSA) is 22.1 Å². The minimum Gasteiger partial charge on any atom is -0.489 e. The summed E-state index contributed by atoms with van der Waals surface area (Å²) >= 11 is 3.27. The Morgan fingerprint density at radius 3 is 2.41 bits per heavy atom. The zero-order valence-corrected chi connectivity index (χ0v) is 10.2. The molecule has 0 aliphatic heterocycles. The van der Waals surface area contributed by atoms with E-state index >= 15 is 0 Å². The molecule has 17 heavy (non-hydrogen) atoms. The van der Waals surface area contributed by atoms with Crippen LogP contribution in [-0.2, 0) is 6.61 Å². The monoisotopic (exact) mass is 299 g/mol. The smallest absolute Gasteiger partial charge is 0.129 e. The summed E-state index contributed by atoms with van der Waals surface area (Å²) in [6.45, 7) is 0.204. The molecule has 1 aromatic heterocycles. The molecule has 88 valence electrons. The molecule has 0 aliphatic rings. The third-order valence-corrected chi connectivity index (χ3v) is 2.44. The quantitative estimate of drug-likeness (QED) is 0.862. The normalized spacial score (nSPS) is 10.3. The molecule has 0 amide bonds. The first kappa shape index (κ1) is 12.0. The molecule has 0 bridgehead atoms. The minimum atomic E-state index is -0.660. The Balaban J connectivity index is 2.07. The van der Waals surface area contributed by atoms with Crippen LogP contribution in [0.3, 0.4) is 0 Å². The maximum atomic E-state index is 12.9. The van der Waals surface area contributed by atoms with Crippen LogP contribution in [0.1, 0.15) is 5.56 Å². The lowest BCUT2D eigenvalue weighted by molar-refractivity contribution is 0.302. The second kappa shape index (κ2) is 5.23. The van der Waals surface area contributed by atoms with Crippen molar-refractivity contribution in [2.45, 2.75) is 6.61 Å². The van der Waals surface area contributed by atoms with Crippen molar-refractivity contribution in [2.24, 2.45) is 0 Å². The van der Waals surface area contributed by atoms with Gasteiger partial charge in [-0.1, -0.05) is 0 Å². The van der Waals surface area contributed by atoms with Gasteiger partial charge in [-0.15, -0.1) is 0 Å². The van der Waals surface area contributed by atoms with Gasteiger partial charge in [-0.2, -0.15) is 0 Å². The van der Waals surface area contributed by atoms with Crippen LogP contribution < -0.4 is 4.74 Å². The van der Waals surface area contributed by atoms with Gasteiger partial charge in [0.25, 0.3) is 0 Å². The molecule has 0 aliphatic carbocycles.